The summed E-state index contributed by atoms with van der Waals surface area (Å²) < 4.78 is 0. The molecule has 2 aromatic rings. The molecule has 0 saturated carbocycles. The van der Waals surface area contributed by atoms with Gasteiger partial charge in [-0.05, 0) is 43.7 Å². The molecule has 6 rings (SSSR count). The molecule has 1 spiro atoms. The summed E-state index contributed by atoms with van der Waals surface area (Å²) in [7, 11) is 0. The van der Waals surface area contributed by atoms with Gasteiger partial charge < -0.3 is 10.2 Å². The van der Waals surface area contributed by atoms with Crippen LogP contribution in [0.5, 0.6) is 0 Å². The number of carbonyl (C=O) groups excluding carboxylic acids is 1. The van der Waals surface area contributed by atoms with E-state index in [4.69, 9.17) is 0 Å². The Hall–Kier alpha value is -2.81. The predicted octanol–water partition coefficient (Wildman–Crippen LogP) is 5.61. The van der Waals surface area contributed by atoms with Gasteiger partial charge in [0.15, 0.2) is 0 Å². The summed E-state index contributed by atoms with van der Waals surface area (Å²) in [6, 6.07) is 19.3. The number of carbonyl (C=O) groups is 1. The van der Waals surface area contributed by atoms with Crippen LogP contribution in [-0.4, -0.2) is 23.5 Å². The molecule has 1 aliphatic heterocycles. The second kappa shape index (κ2) is 7.16. The molecule has 0 aromatic heterocycles. The van der Waals surface area contributed by atoms with Gasteiger partial charge in [0, 0.05) is 23.9 Å². The molecule has 0 unspecified atom stereocenters. The van der Waals surface area contributed by atoms with E-state index < -0.39 is 0 Å². The fourth-order valence-corrected chi connectivity index (χ4v) is 5.84. The van der Waals surface area contributed by atoms with E-state index in [1.165, 1.54) is 11.1 Å². The molecule has 2 bridgehead atoms. The molecule has 1 fully saturated rings. The average molecular weight is 399 g/mol. The molecule has 1 saturated heterocycles. The molecule has 3 nitrogen and oxygen atoms in total. The van der Waals surface area contributed by atoms with Crippen molar-refractivity contribution in [3.63, 3.8) is 0 Å². The second-order valence-electron chi connectivity index (χ2n) is 9.25. The van der Waals surface area contributed by atoms with E-state index in [0.29, 0.717) is 17.8 Å². The molecule has 30 heavy (non-hydrogen) atoms. The van der Waals surface area contributed by atoms with Crippen LogP contribution in [0.1, 0.15) is 42.5 Å². The maximum Gasteiger partial charge on any atom is 0.318 e. The zero-order valence-electron chi connectivity index (χ0n) is 18.0. The van der Waals surface area contributed by atoms with E-state index in [0.717, 1.165) is 12.1 Å². The number of hydrogen-bond acceptors (Lipinski definition) is 1. The molecule has 2 aromatic carbocycles. The molecule has 154 valence electrons. The lowest BCUT2D eigenvalue weighted by Gasteiger charge is -2.47. The van der Waals surface area contributed by atoms with Crippen LogP contribution in [0.15, 0.2) is 78.9 Å². The third-order valence-electron chi connectivity index (χ3n) is 7.65. The highest BCUT2D eigenvalue weighted by molar-refractivity contribution is 5.76. The van der Waals surface area contributed by atoms with E-state index in [2.05, 4.69) is 91.7 Å². The van der Waals surface area contributed by atoms with Crippen LogP contribution in [0.25, 0.3) is 0 Å². The van der Waals surface area contributed by atoms with Crippen LogP contribution in [-0.2, 0) is 0 Å². The Kier molecular flexibility index (Phi) is 4.57. The number of hydrogen-bond donors (Lipinski definition) is 1. The normalized spacial score (nSPS) is 32.2. The van der Waals surface area contributed by atoms with Crippen molar-refractivity contribution < 1.29 is 4.79 Å². The highest BCUT2D eigenvalue weighted by Gasteiger charge is 2.58. The minimum absolute atomic E-state index is 0.0127. The highest BCUT2D eigenvalue weighted by Crippen LogP contribution is 2.59. The van der Waals surface area contributed by atoms with Gasteiger partial charge in [-0.25, -0.2) is 4.79 Å². The van der Waals surface area contributed by atoms with Gasteiger partial charge >= 0.3 is 6.03 Å². The number of benzene rings is 2. The first kappa shape index (κ1) is 19.2. The SMILES string of the molecule is Cc1ccc([C@@H]2C3C=CC4(C=C3)[C@H](C)N(C(=O)N[C@@H](C)c3ccccc3)C[C@@H]24)cc1. The molecule has 4 atom stereocenters. The molecule has 4 aliphatic rings. The maximum absolute atomic E-state index is 13.3. The number of aryl methyl sites for hydroxylation is 1. The first-order valence-corrected chi connectivity index (χ1v) is 11.1. The molecular formula is C27H30N2O. The predicted molar refractivity (Wildman–Crippen MR) is 121 cm³/mol. The first-order chi connectivity index (χ1) is 14.5. The molecule has 2 amide bonds. The average Bonchev–Trinajstić information content (AvgIpc) is 3.08. The summed E-state index contributed by atoms with van der Waals surface area (Å²) in [4.78, 5) is 15.4. The standard InChI is InChI=1S/C27H30N2O/c1-18-9-11-22(12-10-18)25-23-13-15-27(16-14-23)20(3)29(17-24(25)27)26(30)28-19(2)21-7-5-4-6-8-21/h4-16,19-20,23-25H,17H2,1-3H3,(H,28,30)/t19-,20-,23?,24-,25+,27?/m0/s1. The van der Waals surface area contributed by atoms with Gasteiger partial charge in [-0.2, -0.15) is 0 Å². The van der Waals surface area contributed by atoms with Gasteiger partial charge in [0.2, 0.25) is 0 Å². The van der Waals surface area contributed by atoms with Crippen molar-refractivity contribution in [2.24, 2.45) is 17.3 Å². The summed E-state index contributed by atoms with van der Waals surface area (Å²) in [5, 5.41) is 3.23. The van der Waals surface area contributed by atoms with E-state index in [1.54, 1.807) is 0 Å². The van der Waals surface area contributed by atoms with E-state index in [1.807, 2.05) is 18.2 Å². The third-order valence-corrected chi connectivity index (χ3v) is 7.65. The minimum atomic E-state index is -0.0718. The lowest BCUT2D eigenvalue weighted by atomic mass is 9.56. The van der Waals surface area contributed by atoms with Crippen LogP contribution in [0.2, 0.25) is 0 Å². The zero-order chi connectivity index (χ0) is 20.9. The Morgan fingerprint density at radius 1 is 1.07 bits per heavy atom. The molecule has 3 aliphatic carbocycles. The fourth-order valence-electron chi connectivity index (χ4n) is 5.84. The fraction of sp³-hybridized carbons (Fsp3) is 0.370. The monoisotopic (exact) mass is 398 g/mol. The van der Waals surface area contributed by atoms with Crippen molar-refractivity contribution in [1.29, 1.82) is 0 Å². The Morgan fingerprint density at radius 3 is 2.40 bits per heavy atom. The summed E-state index contributed by atoms with van der Waals surface area (Å²) in [5.74, 6) is 1.25. The number of likely N-dealkylation sites (tertiary alicyclic amines) is 1. The number of nitrogens with zero attached hydrogens (tertiary/aromatic N) is 1. The Balaban J connectivity index is 1.41. The van der Waals surface area contributed by atoms with E-state index >= 15 is 0 Å². The second-order valence-corrected chi connectivity index (χ2v) is 9.25. The van der Waals surface area contributed by atoms with Crippen LogP contribution < -0.4 is 5.32 Å². The lowest BCUT2D eigenvalue weighted by Crippen LogP contribution is -2.46. The van der Waals surface area contributed by atoms with Crippen molar-refractivity contribution in [3.8, 4) is 0 Å². The maximum atomic E-state index is 13.3. The number of urea groups is 1. The number of amides is 2. The number of nitrogens with one attached hydrogen (secondary N) is 1. The Labute approximate surface area is 179 Å². The van der Waals surface area contributed by atoms with Gasteiger partial charge in [0.1, 0.15) is 0 Å². The van der Waals surface area contributed by atoms with Crippen molar-refractivity contribution in [2.75, 3.05) is 6.54 Å². The van der Waals surface area contributed by atoms with Crippen LogP contribution in [0.3, 0.4) is 0 Å². The third kappa shape index (κ3) is 2.91. The summed E-state index contributed by atoms with van der Waals surface area (Å²) in [6.45, 7) is 7.19. The summed E-state index contributed by atoms with van der Waals surface area (Å²) >= 11 is 0. The molecule has 1 heterocycles. The van der Waals surface area contributed by atoms with Crippen LogP contribution in [0, 0.1) is 24.2 Å². The van der Waals surface area contributed by atoms with Gasteiger partial charge in [-0.3, -0.25) is 0 Å². The van der Waals surface area contributed by atoms with Crippen molar-refractivity contribution in [2.45, 2.75) is 38.8 Å². The highest BCUT2D eigenvalue weighted by atomic mass is 16.2. The van der Waals surface area contributed by atoms with Crippen molar-refractivity contribution in [3.05, 3.63) is 95.6 Å². The molecular weight excluding hydrogens is 368 g/mol. The molecule has 0 radical (unpaired) electrons. The van der Waals surface area contributed by atoms with Gasteiger partial charge in [0.05, 0.1) is 6.04 Å². The van der Waals surface area contributed by atoms with Crippen LogP contribution >= 0.6 is 0 Å². The van der Waals surface area contributed by atoms with E-state index in [-0.39, 0.29) is 23.5 Å². The van der Waals surface area contributed by atoms with E-state index in [9.17, 15) is 4.79 Å². The summed E-state index contributed by atoms with van der Waals surface area (Å²) in [5.41, 5.74) is 3.74. The quantitative estimate of drug-likeness (QED) is 0.670. The van der Waals surface area contributed by atoms with Crippen molar-refractivity contribution in [1.82, 2.24) is 10.2 Å². The first-order valence-electron chi connectivity index (χ1n) is 11.1. The number of allylic oxidation sites excluding steroid dienone is 2. The van der Waals surface area contributed by atoms with Crippen molar-refractivity contribution >= 4 is 6.03 Å². The van der Waals surface area contributed by atoms with Gasteiger partial charge in [0.25, 0.3) is 0 Å². The smallest absolute Gasteiger partial charge is 0.318 e. The Bertz CT molecular complexity index is 977. The zero-order valence-corrected chi connectivity index (χ0v) is 18.0. The minimum Gasteiger partial charge on any atom is -0.331 e. The van der Waals surface area contributed by atoms with Gasteiger partial charge in [-0.15, -0.1) is 0 Å². The largest absolute Gasteiger partial charge is 0.331 e. The number of rotatable bonds is 3. The van der Waals surface area contributed by atoms with Crippen LogP contribution in [0.4, 0.5) is 4.79 Å². The Morgan fingerprint density at radius 2 is 1.73 bits per heavy atom. The molecule has 3 heteroatoms. The molecule has 1 N–H and O–H groups in total. The lowest BCUT2D eigenvalue weighted by molar-refractivity contribution is 0.182. The summed E-state index contributed by atoms with van der Waals surface area (Å²) in [6.07, 6.45) is 9.49. The topological polar surface area (TPSA) is 32.3 Å². The van der Waals surface area contributed by atoms with Gasteiger partial charge in [-0.1, -0.05) is 84.5 Å².